The molecule has 11 rings (SSSR count). The van der Waals surface area contributed by atoms with E-state index >= 15 is 0 Å². The molecule has 262 valence electrons. The Morgan fingerprint density at radius 3 is 1.41 bits per heavy atom. The molecule has 0 N–H and O–H groups in total. The second-order valence-electron chi connectivity index (χ2n) is 14.5. The largest absolute Gasteiger partial charge is 0.457 e. The van der Waals surface area contributed by atoms with Gasteiger partial charge in [0.25, 0.3) is 0 Å². The van der Waals surface area contributed by atoms with Crippen molar-refractivity contribution in [2.45, 2.75) is 5.41 Å². The van der Waals surface area contributed by atoms with Crippen LogP contribution in [-0.4, -0.2) is 9.97 Å². The second-order valence-corrected chi connectivity index (χ2v) is 14.5. The van der Waals surface area contributed by atoms with E-state index in [1.807, 2.05) is 12.1 Å². The number of nitrogens with zero attached hydrogens (tertiary/aromatic N) is 2. The van der Waals surface area contributed by atoms with Crippen LogP contribution in [0.2, 0.25) is 0 Å². The number of fused-ring (bicyclic) bond motifs is 9. The third-order valence-corrected chi connectivity index (χ3v) is 11.4. The molecule has 3 heteroatoms. The summed E-state index contributed by atoms with van der Waals surface area (Å²) in [5.41, 5.74) is 16.0. The van der Waals surface area contributed by atoms with Crippen LogP contribution in [0.1, 0.15) is 22.3 Å². The van der Waals surface area contributed by atoms with Gasteiger partial charge in [-0.05, 0) is 68.8 Å². The van der Waals surface area contributed by atoms with Gasteiger partial charge in [0.2, 0.25) is 0 Å². The van der Waals surface area contributed by atoms with Crippen molar-refractivity contribution in [1.82, 2.24) is 9.97 Å². The van der Waals surface area contributed by atoms with E-state index in [0.29, 0.717) is 5.82 Å². The quantitative estimate of drug-likeness (QED) is 0.178. The Balaban J connectivity index is 1.10. The summed E-state index contributed by atoms with van der Waals surface area (Å²) in [6, 6.07) is 73.0. The van der Waals surface area contributed by atoms with Crippen molar-refractivity contribution in [2.24, 2.45) is 0 Å². The lowest BCUT2D eigenvalue weighted by Gasteiger charge is -2.39. The summed E-state index contributed by atoms with van der Waals surface area (Å²) < 4.78 is 6.74. The van der Waals surface area contributed by atoms with Gasteiger partial charge >= 0.3 is 0 Å². The molecule has 1 spiro atoms. The zero-order valence-corrected chi connectivity index (χ0v) is 30.4. The van der Waals surface area contributed by atoms with E-state index in [0.717, 1.165) is 61.8 Å². The van der Waals surface area contributed by atoms with Gasteiger partial charge < -0.3 is 4.74 Å². The standard InChI is InChI=1S/C53H34N2O/c1-3-15-35(16-4-1)36-27-29-38(30-28-36)49-34-48(37-17-5-2-6-18-37)54-52(55-49)43-22-8-7-19-40(43)39-31-32-51-47(33-39)53(46-25-13-14-26-50(46)56-51)44-23-11-9-20-41(44)42-21-10-12-24-45(42)53/h1-34H. The fraction of sp³-hybridized carbons (Fsp3) is 0.0189. The Hall–Kier alpha value is -7.36. The Labute approximate surface area is 326 Å². The lowest BCUT2D eigenvalue weighted by molar-refractivity contribution is 0.436. The molecule has 0 unspecified atom stereocenters. The van der Waals surface area contributed by atoms with Gasteiger partial charge in [-0.15, -0.1) is 0 Å². The fourth-order valence-electron chi connectivity index (χ4n) is 8.89. The predicted molar refractivity (Wildman–Crippen MR) is 227 cm³/mol. The summed E-state index contributed by atoms with van der Waals surface area (Å²) in [6.45, 7) is 0. The first-order valence-electron chi connectivity index (χ1n) is 19.1. The summed E-state index contributed by atoms with van der Waals surface area (Å²) in [6.07, 6.45) is 0. The van der Waals surface area contributed by atoms with Gasteiger partial charge in [0.1, 0.15) is 11.5 Å². The van der Waals surface area contributed by atoms with Gasteiger partial charge in [-0.25, -0.2) is 9.97 Å². The molecule has 3 nitrogen and oxygen atoms in total. The first kappa shape index (κ1) is 32.1. The number of para-hydroxylation sites is 1. The minimum atomic E-state index is -0.550. The zero-order chi connectivity index (χ0) is 37.1. The summed E-state index contributed by atoms with van der Waals surface area (Å²) in [5, 5.41) is 0. The number of hydrogen-bond donors (Lipinski definition) is 0. The van der Waals surface area contributed by atoms with Crippen molar-refractivity contribution in [2.75, 3.05) is 0 Å². The molecule has 1 aliphatic carbocycles. The van der Waals surface area contributed by atoms with Gasteiger partial charge in [-0.1, -0.05) is 182 Å². The summed E-state index contributed by atoms with van der Waals surface area (Å²) in [5.74, 6) is 2.42. The van der Waals surface area contributed by atoms with E-state index in [4.69, 9.17) is 14.7 Å². The SMILES string of the molecule is c1ccc(-c2ccc(-c3cc(-c4ccccc4)nc(-c4ccccc4-c4ccc5c(c4)C4(c6ccccc6O5)c5ccccc5-c5ccccc54)n3)cc2)cc1. The lowest BCUT2D eigenvalue weighted by atomic mass is 9.65. The number of aromatic nitrogens is 2. The minimum Gasteiger partial charge on any atom is -0.457 e. The highest BCUT2D eigenvalue weighted by Gasteiger charge is 2.51. The highest BCUT2D eigenvalue weighted by molar-refractivity contribution is 5.90. The van der Waals surface area contributed by atoms with E-state index in [1.165, 1.54) is 33.4 Å². The number of rotatable bonds is 5. The van der Waals surface area contributed by atoms with Crippen LogP contribution in [0.25, 0.3) is 67.3 Å². The predicted octanol–water partition coefficient (Wildman–Crippen LogP) is 13.3. The molecule has 1 aromatic heterocycles. The Bertz CT molecular complexity index is 2890. The van der Waals surface area contributed by atoms with E-state index in [-0.39, 0.29) is 0 Å². The molecule has 8 aromatic carbocycles. The Morgan fingerprint density at radius 1 is 0.304 bits per heavy atom. The molecule has 9 aromatic rings. The maximum atomic E-state index is 6.74. The molecule has 1 aliphatic heterocycles. The van der Waals surface area contributed by atoms with E-state index < -0.39 is 5.41 Å². The molecular weight excluding hydrogens is 681 g/mol. The van der Waals surface area contributed by atoms with Gasteiger partial charge in [0.05, 0.1) is 16.8 Å². The maximum Gasteiger partial charge on any atom is 0.161 e. The number of hydrogen-bond acceptors (Lipinski definition) is 3. The smallest absolute Gasteiger partial charge is 0.161 e. The molecule has 0 bridgehead atoms. The summed E-state index contributed by atoms with van der Waals surface area (Å²) in [4.78, 5) is 10.6. The van der Waals surface area contributed by atoms with Crippen molar-refractivity contribution in [3.05, 3.63) is 229 Å². The Kier molecular flexibility index (Phi) is 7.39. The van der Waals surface area contributed by atoms with Crippen molar-refractivity contribution in [1.29, 1.82) is 0 Å². The Morgan fingerprint density at radius 2 is 0.750 bits per heavy atom. The van der Waals surface area contributed by atoms with Crippen LogP contribution in [0.4, 0.5) is 0 Å². The van der Waals surface area contributed by atoms with Crippen LogP contribution >= 0.6 is 0 Å². The molecule has 0 fully saturated rings. The van der Waals surface area contributed by atoms with Crippen molar-refractivity contribution in [3.8, 4) is 78.8 Å². The molecule has 56 heavy (non-hydrogen) atoms. The molecule has 0 saturated carbocycles. The molecule has 0 amide bonds. The highest BCUT2D eigenvalue weighted by Crippen LogP contribution is 2.62. The molecule has 0 saturated heterocycles. The average molecular weight is 715 g/mol. The third-order valence-electron chi connectivity index (χ3n) is 11.4. The molecular formula is C53H34N2O. The first-order chi connectivity index (χ1) is 27.8. The zero-order valence-electron chi connectivity index (χ0n) is 30.4. The molecule has 0 atom stereocenters. The van der Waals surface area contributed by atoms with E-state index in [2.05, 4.69) is 194 Å². The van der Waals surface area contributed by atoms with Gasteiger partial charge in [-0.2, -0.15) is 0 Å². The lowest BCUT2D eigenvalue weighted by Crippen LogP contribution is -2.32. The van der Waals surface area contributed by atoms with Crippen LogP contribution in [0.15, 0.2) is 206 Å². The average Bonchev–Trinajstić information content (AvgIpc) is 3.57. The number of benzene rings is 8. The summed E-state index contributed by atoms with van der Waals surface area (Å²) in [7, 11) is 0. The fourth-order valence-corrected chi connectivity index (χ4v) is 8.89. The van der Waals surface area contributed by atoms with Crippen molar-refractivity contribution in [3.63, 3.8) is 0 Å². The van der Waals surface area contributed by atoms with Crippen LogP contribution in [0.3, 0.4) is 0 Å². The van der Waals surface area contributed by atoms with Gasteiger partial charge in [0, 0.05) is 27.8 Å². The topological polar surface area (TPSA) is 35.0 Å². The van der Waals surface area contributed by atoms with Crippen molar-refractivity contribution < 1.29 is 4.74 Å². The van der Waals surface area contributed by atoms with E-state index in [1.54, 1.807) is 0 Å². The van der Waals surface area contributed by atoms with Crippen LogP contribution in [0.5, 0.6) is 11.5 Å². The monoisotopic (exact) mass is 714 g/mol. The maximum absolute atomic E-state index is 6.74. The molecule has 2 heterocycles. The van der Waals surface area contributed by atoms with Gasteiger partial charge in [0.15, 0.2) is 5.82 Å². The highest BCUT2D eigenvalue weighted by atomic mass is 16.5. The second kappa shape index (κ2) is 12.9. The number of ether oxygens (including phenoxy) is 1. The van der Waals surface area contributed by atoms with Crippen LogP contribution in [-0.2, 0) is 5.41 Å². The van der Waals surface area contributed by atoms with Crippen LogP contribution in [0, 0.1) is 0 Å². The minimum absolute atomic E-state index is 0.550. The van der Waals surface area contributed by atoms with Gasteiger partial charge in [-0.3, -0.25) is 0 Å². The van der Waals surface area contributed by atoms with Crippen molar-refractivity contribution >= 4 is 0 Å². The van der Waals surface area contributed by atoms with E-state index in [9.17, 15) is 0 Å². The normalized spacial score (nSPS) is 12.9. The molecule has 2 aliphatic rings. The molecule has 0 radical (unpaired) electrons. The third kappa shape index (κ3) is 4.98. The summed E-state index contributed by atoms with van der Waals surface area (Å²) >= 11 is 0. The first-order valence-corrected chi connectivity index (χ1v) is 19.1. The van der Waals surface area contributed by atoms with Crippen LogP contribution < -0.4 is 4.74 Å².